The molecular formula is C23H23N3OS. The molecule has 5 rings (SSSR count). The van der Waals surface area contributed by atoms with Gasteiger partial charge in [-0.25, -0.2) is 4.98 Å². The molecule has 1 aliphatic carbocycles. The molecule has 4 nitrogen and oxygen atoms in total. The summed E-state index contributed by atoms with van der Waals surface area (Å²) in [6, 6.07) is 15.0. The van der Waals surface area contributed by atoms with Gasteiger partial charge in [-0.2, -0.15) is 0 Å². The zero-order chi connectivity index (χ0) is 19.1. The maximum atomic E-state index is 12.7. The highest BCUT2D eigenvalue weighted by Gasteiger charge is 2.20. The van der Waals surface area contributed by atoms with Crippen molar-refractivity contribution in [1.82, 2.24) is 15.3 Å². The van der Waals surface area contributed by atoms with Crippen LogP contribution in [0.25, 0.3) is 21.0 Å². The molecule has 2 heterocycles. The van der Waals surface area contributed by atoms with Gasteiger partial charge < -0.3 is 10.3 Å². The van der Waals surface area contributed by atoms with Gasteiger partial charge in [0.1, 0.15) is 10.7 Å². The minimum Gasteiger partial charge on any atom is -0.309 e. The second kappa shape index (κ2) is 7.15. The molecule has 4 aromatic rings. The highest BCUT2D eigenvalue weighted by molar-refractivity contribution is 7.18. The number of nitrogens with one attached hydrogen (secondary N) is 2. The number of aromatic nitrogens is 2. The normalized spacial score (nSPS) is 15.0. The van der Waals surface area contributed by atoms with Gasteiger partial charge >= 0.3 is 0 Å². The number of aromatic amines is 1. The molecule has 0 saturated heterocycles. The van der Waals surface area contributed by atoms with Gasteiger partial charge in [0.25, 0.3) is 5.56 Å². The molecule has 0 fully saturated rings. The molecule has 0 spiro atoms. The summed E-state index contributed by atoms with van der Waals surface area (Å²) in [7, 11) is 0. The molecule has 142 valence electrons. The summed E-state index contributed by atoms with van der Waals surface area (Å²) >= 11 is 1.70. The minimum atomic E-state index is 0.0130. The van der Waals surface area contributed by atoms with E-state index in [2.05, 4.69) is 59.7 Å². The smallest absolute Gasteiger partial charge is 0.259 e. The number of hydrogen-bond acceptors (Lipinski definition) is 4. The number of H-pyrrole nitrogens is 1. The average Bonchev–Trinajstić information content (AvgIpc) is 3.10. The lowest BCUT2D eigenvalue weighted by atomic mass is 9.97. The quantitative estimate of drug-likeness (QED) is 0.524. The van der Waals surface area contributed by atoms with Crippen molar-refractivity contribution in [3.8, 4) is 0 Å². The predicted molar refractivity (Wildman–Crippen MR) is 116 cm³/mol. The van der Waals surface area contributed by atoms with E-state index in [0.29, 0.717) is 12.4 Å². The van der Waals surface area contributed by atoms with Crippen LogP contribution < -0.4 is 10.9 Å². The van der Waals surface area contributed by atoms with Gasteiger partial charge in [0.05, 0.1) is 11.9 Å². The Morgan fingerprint density at radius 3 is 2.89 bits per heavy atom. The Hall–Kier alpha value is -2.50. The van der Waals surface area contributed by atoms with Crippen LogP contribution in [0, 0.1) is 0 Å². The minimum absolute atomic E-state index is 0.0130. The fraction of sp³-hybridized carbons (Fsp3) is 0.304. The number of aryl methyl sites for hydroxylation is 2. The van der Waals surface area contributed by atoms with E-state index in [0.717, 1.165) is 23.1 Å². The van der Waals surface area contributed by atoms with Crippen molar-refractivity contribution in [2.45, 2.75) is 45.2 Å². The molecule has 1 aliphatic rings. The topological polar surface area (TPSA) is 57.8 Å². The van der Waals surface area contributed by atoms with Crippen LogP contribution in [-0.4, -0.2) is 9.97 Å². The van der Waals surface area contributed by atoms with Gasteiger partial charge in [0.2, 0.25) is 0 Å². The molecule has 2 aromatic heterocycles. The Kier molecular flexibility index (Phi) is 4.49. The Morgan fingerprint density at radius 2 is 1.96 bits per heavy atom. The fourth-order valence-electron chi connectivity index (χ4n) is 4.28. The lowest BCUT2D eigenvalue weighted by molar-refractivity contribution is 0.562. The number of benzene rings is 2. The van der Waals surface area contributed by atoms with Gasteiger partial charge in [-0.1, -0.05) is 42.5 Å². The van der Waals surface area contributed by atoms with E-state index in [9.17, 15) is 4.79 Å². The molecule has 0 bridgehead atoms. The lowest BCUT2D eigenvalue weighted by Gasteiger charge is -2.16. The summed E-state index contributed by atoms with van der Waals surface area (Å²) in [6.07, 6.45) is 4.48. The van der Waals surface area contributed by atoms with E-state index < -0.39 is 0 Å². The fourth-order valence-corrected chi connectivity index (χ4v) is 5.56. The van der Waals surface area contributed by atoms with Gasteiger partial charge in [-0.3, -0.25) is 4.79 Å². The molecule has 2 N–H and O–H groups in total. The van der Waals surface area contributed by atoms with Crippen molar-refractivity contribution >= 4 is 32.3 Å². The first kappa shape index (κ1) is 17.6. The SMILES string of the molecule is C[C@@H](NCc1nc2sc3c(c2c(=O)[nH]1)CCCC3)c1cccc2ccccc12. The van der Waals surface area contributed by atoms with Crippen LogP contribution >= 0.6 is 11.3 Å². The van der Waals surface area contributed by atoms with Gasteiger partial charge in [-0.05, 0) is 54.5 Å². The standard InChI is InChI=1S/C23H23N3OS/c1-14(16-11-6-8-15-7-2-3-9-17(15)16)24-13-20-25-22(27)21-18-10-4-5-12-19(18)28-23(21)26-20/h2-3,6-9,11,14,24H,4-5,10,12-13H2,1H3,(H,25,26,27)/t14-/m1/s1. The van der Waals surface area contributed by atoms with Gasteiger partial charge in [-0.15, -0.1) is 11.3 Å². The van der Waals surface area contributed by atoms with Crippen LogP contribution in [0.3, 0.4) is 0 Å². The molecule has 1 atom stereocenters. The van der Waals surface area contributed by atoms with Gasteiger partial charge in [0.15, 0.2) is 0 Å². The Labute approximate surface area is 167 Å². The zero-order valence-electron chi connectivity index (χ0n) is 15.9. The highest BCUT2D eigenvalue weighted by atomic mass is 32.1. The number of nitrogens with zero attached hydrogens (tertiary/aromatic N) is 1. The average molecular weight is 390 g/mol. The highest BCUT2D eigenvalue weighted by Crippen LogP contribution is 2.33. The van der Waals surface area contributed by atoms with Crippen molar-refractivity contribution in [1.29, 1.82) is 0 Å². The van der Waals surface area contributed by atoms with Crippen LogP contribution in [0.15, 0.2) is 47.3 Å². The first-order chi connectivity index (χ1) is 13.7. The number of rotatable bonds is 4. The van der Waals surface area contributed by atoms with Gasteiger partial charge in [0, 0.05) is 10.9 Å². The third-order valence-electron chi connectivity index (χ3n) is 5.74. The van der Waals surface area contributed by atoms with Crippen LogP contribution in [0.4, 0.5) is 0 Å². The van der Waals surface area contributed by atoms with Crippen molar-refractivity contribution in [3.63, 3.8) is 0 Å². The molecule has 0 aliphatic heterocycles. The number of fused-ring (bicyclic) bond motifs is 4. The second-order valence-electron chi connectivity index (χ2n) is 7.57. The number of thiophene rings is 1. The molecule has 2 aromatic carbocycles. The molecular weight excluding hydrogens is 366 g/mol. The summed E-state index contributed by atoms with van der Waals surface area (Å²) in [4.78, 5) is 22.7. The van der Waals surface area contributed by atoms with E-state index in [-0.39, 0.29) is 11.6 Å². The van der Waals surface area contributed by atoms with E-state index in [1.54, 1.807) is 11.3 Å². The van der Waals surface area contributed by atoms with Crippen molar-refractivity contribution < 1.29 is 0 Å². The first-order valence-corrected chi connectivity index (χ1v) is 10.8. The first-order valence-electron chi connectivity index (χ1n) is 9.95. The second-order valence-corrected chi connectivity index (χ2v) is 8.66. The maximum Gasteiger partial charge on any atom is 0.259 e. The molecule has 0 radical (unpaired) electrons. The van der Waals surface area contributed by atoms with E-state index >= 15 is 0 Å². The summed E-state index contributed by atoms with van der Waals surface area (Å²) < 4.78 is 0. The van der Waals surface area contributed by atoms with Crippen molar-refractivity contribution in [3.05, 3.63) is 74.6 Å². The number of hydrogen-bond donors (Lipinski definition) is 2. The summed E-state index contributed by atoms with van der Waals surface area (Å²) in [5, 5.41) is 6.86. The summed E-state index contributed by atoms with van der Waals surface area (Å²) in [5.41, 5.74) is 2.51. The summed E-state index contributed by atoms with van der Waals surface area (Å²) in [6.45, 7) is 2.69. The predicted octanol–water partition coefficient (Wildman–Crippen LogP) is 4.87. The van der Waals surface area contributed by atoms with Crippen LogP contribution in [-0.2, 0) is 19.4 Å². The van der Waals surface area contributed by atoms with Crippen LogP contribution in [0.2, 0.25) is 0 Å². The summed E-state index contributed by atoms with van der Waals surface area (Å²) in [5.74, 6) is 0.711. The Morgan fingerprint density at radius 1 is 1.14 bits per heavy atom. The zero-order valence-corrected chi connectivity index (χ0v) is 16.7. The van der Waals surface area contributed by atoms with Crippen molar-refractivity contribution in [2.75, 3.05) is 0 Å². The van der Waals surface area contributed by atoms with E-state index in [4.69, 9.17) is 4.98 Å². The third-order valence-corrected chi connectivity index (χ3v) is 6.93. The van der Waals surface area contributed by atoms with Crippen LogP contribution in [0.5, 0.6) is 0 Å². The van der Waals surface area contributed by atoms with Crippen molar-refractivity contribution in [2.24, 2.45) is 0 Å². The Bertz CT molecular complexity index is 1220. The molecule has 0 amide bonds. The molecule has 0 saturated carbocycles. The molecule has 5 heteroatoms. The monoisotopic (exact) mass is 389 g/mol. The lowest BCUT2D eigenvalue weighted by Crippen LogP contribution is -2.22. The molecule has 0 unspecified atom stereocenters. The van der Waals surface area contributed by atoms with E-state index in [1.807, 2.05) is 0 Å². The largest absolute Gasteiger partial charge is 0.309 e. The maximum absolute atomic E-state index is 12.7. The molecule has 28 heavy (non-hydrogen) atoms. The Balaban J connectivity index is 1.42. The van der Waals surface area contributed by atoms with E-state index in [1.165, 1.54) is 39.6 Å². The third kappa shape index (κ3) is 3.05. The van der Waals surface area contributed by atoms with Crippen LogP contribution in [0.1, 0.15) is 47.6 Å².